The molecule has 1 amide bonds. The van der Waals surface area contributed by atoms with Gasteiger partial charge in [0, 0.05) is 17.4 Å². The highest BCUT2D eigenvalue weighted by molar-refractivity contribution is 6.33. The Hall–Kier alpha value is -4.42. The van der Waals surface area contributed by atoms with Gasteiger partial charge in [0.1, 0.15) is 11.5 Å². The summed E-state index contributed by atoms with van der Waals surface area (Å²) in [6, 6.07) is 29.3. The Labute approximate surface area is 206 Å². The second-order valence-electron chi connectivity index (χ2n) is 8.01. The van der Waals surface area contributed by atoms with Crippen LogP contribution in [0.5, 0.6) is 0 Å². The summed E-state index contributed by atoms with van der Waals surface area (Å²) in [4.78, 5) is 31.0. The molecule has 2 heterocycles. The number of anilines is 3. The summed E-state index contributed by atoms with van der Waals surface area (Å²) in [6.07, 6.45) is 0. The highest BCUT2D eigenvalue weighted by Gasteiger charge is 2.18. The van der Waals surface area contributed by atoms with Gasteiger partial charge in [-0.3, -0.25) is 14.2 Å². The molecule has 2 N–H and O–H groups in total. The van der Waals surface area contributed by atoms with Crippen molar-refractivity contribution in [2.45, 2.75) is 6.92 Å². The minimum absolute atomic E-state index is 0.177. The van der Waals surface area contributed by atoms with Gasteiger partial charge >= 0.3 is 0 Å². The lowest BCUT2D eigenvalue weighted by Gasteiger charge is -2.19. The van der Waals surface area contributed by atoms with Crippen LogP contribution in [0.25, 0.3) is 16.7 Å². The first-order valence-corrected chi connectivity index (χ1v) is 11.4. The van der Waals surface area contributed by atoms with Crippen molar-refractivity contribution in [3.05, 3.63) is 124 Å². The molecular weight excluding hydrogens is 460 g/mol. The second kappa shape index (κ2) is 9.44. The molecule has 0 spiro atoms. The standard InChI is InChI=1S/C28H21ClN4O2/c1-18-16-23(28(35)32-22-15-9-8-14-21(22)29)31-27-26(18)24(34)17-25(30-19-10-4-2-5-11-19)33(27)20-12-6-3-7-13-20/h2-17,30H,1H3,(H,32,35). The second-order valence-corrected chi connectivity index (χ2v) is 8.42. The number of hydrogen-bond donors (Lipinski definition) is 2. The molecule has 2 aromatic heterocycles. The van der Waals surface area contributed by atoms with Crippen molar-refractivity contribution in [1.82, 2.24) is 9.55 Å². The molecule has 5 aromatic rings. The maximum absolute atomic E-state index is 13.2. The largest absolute Gasteiger partial charge is 0.341 e. The van der Waals surface area contributed by atoms with Crippen LogP contribution >= 0.6 is 11.6 Å². The van der Waals surface area contributed by atoms with Crippen LogP contribution in [-0.2, 0) is 0 Å². The molecule has 0 aliphatic heterocycles. The molecular formula is C28H21ClN4O2. The molecule has 0 fully saturated rings. The van der Waals surface area contributed by atoms with E-state index in [9.17, 15) is 9.59 Å². The number of carbonyl (C=O) groups is 1. The highest BCUT2D eigenvalue weighted by Crippen LogP contribution is 2.27. The van der Waals surface area contributed by atoms with E-state index in [2.05, 4.69) is 15.6 Å². The van der Waals surface area contributed by atoms with Crippen molar-refractivity contribution in [2.24, 2.45) is 0 Å². The SMILES string of the molecule is Cc1cc(C(=O)Nc2ccccc2Cl)nc2c1c(=O)cc(Nc1ccccc1)n2-c1ccccc1. The average Bonchev–Trinajstić information content (AvgIpc) is 2.86. The third kappa shape index (κ3) is 4.52. The number of aromatic nitrogens is 2. The molecule has 35 heavy (non-hydrogen) atoms. The van der Waals surface area contributed by atoms with Crippen molar-refractivity contribution in [2.75, 3.05) is 10.6 Å². The van der Waals surface area contributed by atoms with E-state index >= 15 is 0 Å². The Morgan fingerprint density at radius 2 is 1.54 bits per heavy atom. The predicted octanol–water partition coefficient (Wildman–Crippen LogP) is 6.34. The number of rotatable bonds is 5. The average molecular weight is 481 g/mol. The lowest BCUT2D eigenvalue weighted by atomic mass is 10.1. The first-order chi connectivity index (χ1) is 17.0. The number of fused-ring (bicyclic) bond motifs is 1. The molecule has 5 rings (SSSR count). The summed E-state index contributed by atoms with van der Waals surface area (Å²) < 4.78 is 1.85. The van der Waals surface area contributed by atoms with E-state index in [1.807, 2.05) is 65.2 Å². The van der Waals surface area contributed by atoms with Crippen LogP contribution in [0.2, 0.25) is 5.02 Å². The minimum atomic E-state index is -0.420. The number of para-hydroxylation sites is 3. The Morgan fingerprint density at radius 1 is 0.886 bits per heavy atom. The molecule has 0 aliphatic carbocycles. The summed E-state index contributed by atoms with van der Waals surface area (Å²) in [6.45, 7) is 1.80. The number of halogens is 1. The molecule has 6 nitrogen and oxygen atoms in total. The zero-order valence-corrected chi connectivity index (χ0v) is 19.6. The van der Waals surface area contributed by atoms with Crippen LogP contribution in [0.4, 0.5) is 17.2 Å². The van der Waals surface area contributed by atoms with Gasteiger partial charge in [-0.2, -0.15) is 0 Å². The quantitative estimate of drug-likeness (QED) is 0.307. The summed E-state index contributed by atoms with van der Waals surface area (Å²) in [5.74, 6) is 0.118. The Balaban J connectivity index is 1.71. The van der Waals surface area contributed by atoms with E-state index in [1.54, 1.807) is 43.3 Å². The number of benzene rings is 3. The molecule has 0 saturated heterocycles. The van der Waals surface area contributed by atoms with Crippen molar-refractivity contribution < 1.29 is 4.79 Å². The van der Waals surface area contributed by atoms with E-state index in [0.717, 1.165) is 11.4 Å². The van der Waals surface area contributed by atoms with Gasteiger partial charge in [0.15, 0.2) is 11.1 Å². The van der Waals surface area contributed by atoms with Gasteiger partial charge < -0.3 is 10.6 Å². The van der Waals surface area contributed by atoms with Crippen LogP contribution in [-0.4, -0.2) is 15.5 Å². The van der Waals surface area contributed by atoms with Gasteiger partial charge in [-0.1, -0.05) is 60.1 Å². The van der Waals surface area contributed by atoms with E-state index in [4.69, 9.17) is 11.6 Å². The van der Waals surface area contributed by atoms with Gasteiger partial charge in [-0.25, -0.2) is 4.98 Å². The summed E-state index contributed by atoms with van der Waals surface area (Å²) >= 11 is 6.22. The van der Waals surface area contributed by atoms with Gasteiger partial charge in [-0.05, 0) is 55.0 Å². The molecule has 0 aliphatic rings. The first-order valence-electron chi connectivity index (χ1n) is 11.0. The molecule has 172 valence electrons. The van der Waals surface area contributed by atoms with E-state index in [-0.39, 0.29) is 11.1 Å². The van der Waals surface area contributed by atoms with Gasteiger partial charge in [0.2, 0.25) is 0 Å². The first kappa shape index (κ1) is 22.4. The smallest absolute Gasteiger partial charge is 0.274 e. The number of hydrogen-bond acceptors (Lipinski definition) is 4. The maximum Gasteiger partial charge on any atom is 0.274 e. The van der Waals surface area contributed by atoms with Crippen LogP contribution in [0.3, 0.4) is 0 Å². The van der Waals surface area contributed by atoms with Crippen LogP contribution in [0.1, 0.15) is 16.1 Å². The Bertz CT molecular complexity index is 1600. The summed E-state index contributed by atoms with van der Waals surface area (Å²) in [5.41, 5.74) is 3.13. The normalized spacial score (nSPS) is 10.8. The Kier molecular flexibility index (Phi) is 6.04. The van der Waals surface area contributed by atoms with E-state index in [0.29, 0.717) is 33.1 Å². The fourth-order valence-electron chi connectivity index (χ4n) is 3.96. The van der Waals surface area contributed by atoms with Crippen molar-refractivity contribution in [3.63, 3.8) is 0 Å². The Morgan fingerprint density at radius 3 is 2.26 bits per heavy atom. The van der Waals surface area contributed by atoms with Crippen molar-refractivity contribution in [1.29, 1.82) is 0 Å². The lowest BCUT2D eigenvalue weighted by molar-refractivity contribution is 0.102. The third-order valence-corrected chi connectivity index (χ3v) is 5.91. The topological polar surface area (TPSA) is 76.0 Å². The number of aryl methyl sites for hydroxylation is 1. The summed E-state index contributed by atoms with van der Waals surface area (Å²) in [7, 11) is 0. The molecule has 0 atom stereocenters. The maximum atomic E-state index is 13.2. The fraction of sp³-hybridized carbons (Fsp3) is 0.0357. The van der Waals surface area contributed by atoms with E-state index < -0.39 is 5.91 Å². The number of amides is 1. The molecule has 7 heteroatoms. The third-order valence-electron chi connectivity index (χ3n) is 5.58. The van der Waals surface area contributed by atoms with Crippen molar-refractivity contribution in [3.8, 4) is 5.69 Å². The van der Waals surface area contributed by atoms with Crippen LogP contribution in [0, 0.1) is 6.92 Å². The summed E-state index contributed by atoms with van der Waals surface area (Å²) in [5, 5.41) is 7.01. The van der Waals surface area contributed by atoms with Crippen LogP contribution in [0.15, 0.2) is 102 Å². The van der Waals surface area contributed by atoms with Gasteiger partial charge in [0.05, 0.1) is 16.1 Å². The fourth-order valence-corrected chi connectivity index (χ4v) is 4.15. The molecule has 0 bridgehead atoms. The van der Waals surface area contributed by atoms with Crippen molar-refractivity contribution >= 4 is 45.7 Å². The van der Waals surface area contributed by atoms with E-state index in [1.165, 1.54) is 0 Å². The monoisotopic (exact) mass is 480 g/mol. The highest BCUT2D eigenvalue weighted by atomic mass is 35.5. The lowest BCUT2D eigenvalue weighted by Crippen LogP contribution is -2.19. The minimum Gasteiger partial charge on any atom is -0.341 e. The predicted molar refractivity (Wildman–Crippen MR) is 141 cm³/mol. The number of nitrogens with one attached hydrogen (secondary N) is 2. The van der Waals surface area contributed by atoms with Gasteiger partial charge in [-0.15, -0.1) is 0 Å². The van der Waals surface area contributed by atoms with Crippen LogP contribution < -0.4 is 16.1 Å². The number of pyridine rings is 2. The molecule has 3 aromatic carbocycles. The zero-order valence-electron chi connectivity index (χ0n) is 18.8. The van der Waals surface area contributed by atoms with Gasteiger partial charge in [0.25, 0.3) is 5.91 Å². The molecule has 0 radical (unpaired) electrons. The zero-order chi connectivity index (χ0) is 24.4. The number of nitrogens with zero attached hydrogens (tertiary/aromatic N) is 2. The molecule has 0 saturated carbocycles. The molecule has 0 unspecified atom stereocenters. The number of carbonyl (C=O) groups excluding carboxylic acids is 1.